The number of carbonyl (C=O) groups excluding carboxylic acids is 2. The van der Waals surface area contributed by atoms with Gasteiger partial charge >= 0.3 is 11.9 Å². The normalized spacial score (nSPS) is 27.1. The monoisotopic (exact) mass is 684 g/mol. The van der Waals surface area contributed by atoms with E-state index < -0.39 is 29.6 Å². The Labute approximate surface area is 293 Å². The summed E-state index contributed by atoms with van der Waals surface area (Å²) in [6.07, 6.45) is 7.12. The molecule has 9 nitrogen and oxygen atoms in total. The Morgan fingerprint density at radius 3 is 2.20 bits per heavy atom. The summed E-state index contributed by atoms with van der Waals surface area (Å²) in [6.45, 7) is 2.86. The number of carbonyl (C=O) groups is 2. The molecule has 1 saturated carbocycles. The smallest absolute Gasteiger partial charge is 0.302 e. The summed E-state index contributed by atoms with van der Waals surface area (Å²) >= 11 is 0. The second-order valence-corrected chi connectivity index (χ2v) is 14.2. The fraction of sp³-hybridized carbons (Fsp3) is 0.463. The van der Waals surface area contributed by atoms with Crippen LogP contribution in [0, 0.1) is 23.2 Å². The second-order valence-electron chi connectivity index (χ2n) is 14.2. The number of benzene rings is 3. The minimum absolute atomic E-state index is 0.0353. The minimum atomic E-state index is -0.626. The third-order valence-electron chi connectivity index (χ3n) is 11.2. The quantitative estimate of drug-likeness (QED) is 0.215. The largest absolute Gasteiger partial charge is 0.504 e. The molecule has 0 aliphatic heterocycles. The third-order valence-corrected chi connectivity index (χ3v) is 11.2. The summed E-state index contributed by atoms with van der Waals surface area (Å²) in [5.74, 6) is -0.400. The fourth-order valence-electron chi connectivity index (χ4n) is 9.45. The van der Waals surface area contributed by atoms with Crippen LogP contribution in [0.4, 0.5) is 0 Å². The number of aliphatic hydroxyl groups excluding tert-OH is 1. The van der Waals surface area contributed by atoms with Gasteiger partial charge in [0.1, 0.15) is 12.2 Å². The van der Waals surface area contributed by atoms with Gasteiger partial charge < -0.3 is 34.3 Å². The van der Waals surface area contributed by atoms with Gasteiger partial charge in [0.25, 0.3) is 0 Å². The molecule has 0 saturated heterocycles. The standard InChI is InChI=1S/C41H48O9/c1-24(43)49-31-20-33-32-22-39(48-4)35(45)17-29(32)15-27(11-8-14-42)40(33)41(13-12-26-9-6-5-7-10-26)23-30-18-36(46)38(47-3)19-28(30)16-34(41)37(21-31)50-25(2)44/h5-7,9-10,12-13,17-19,22,27,31,33-34,37,40,42,45-46H,8,11,14-16,20-21,23H2,1-4H3/t27-,31-,33+,34-,37-,40-,41-/m1/s1. The van der Waals surface area contributed by atoms with Crippen molar-refractivity contribution in [3.8, 4) is 23.0 Å². The molecule has 1 fully saturated rings. The molecule has 3 aromatic rings. The molecule has 3 aliphatic carbocycles. The molecule has 3 N–H and O–H groups in total. The van der Waals surface area contributed by atoms with Gasteiger partial charge in [-0.3, -0.25) is 9.59 Å². The van der Waals surface area contributed by atoms with Crippen molar-refractivity contribution in [2.75, 3.05) is 20.8 Å². The topological polar surface area (TPSA) is 132 Å². The maximum Gasteiger partial charge on any atom is 0.302 e. The molecule has 0 amide bonds. The van der Waals surface area contributed by atoms with Crippen LogP contribution in [0.3, 0.4) is 0 Å². The van der Waals surface area contributed by atoms with Crippen molar-refractivity contribution in [3.05, 3.63) is 88.5 Å². The number of rotatable bonds is 9. The van der Waals surface area contributed by atoms with E-state index in [0.717, 1.165) is 27.8 Å². The van der Waals surface area contributed by atoms with Crippen LogP contribution in [0.5, 0.6) is 23.0 Å². The number of phenols is 2. The number of ether oxygens (including phenoxy) is 4. The van der Waals surface area contributed by atoms with Crippen LogP contribution in [0.25, 0.3) is 6.08 Å². The highest BCUT2D eigenvalue weighted by Crippen LogP contribution is 2.62. The van der Waals surface area contributed by atoms with Gasteiger partial charge in [-0.2, -0.15) is 0 Å². The molecular weight excluding hydrogens is 636 g/mol. The van der Waals surface area contributed by atoms with Crippen LogP contribution in [0.2, 0.25) is 0 Å². The first-order valence-electron chi connectivity index (χ1n) is 17.5. The van der Waals surface area contributed by atoms with Crippen LogP contribution in [0.15, 0.2) is 60.7 Å². The number of hydrogen-bond acceptors (Lipinski definition) is 9. The summed E-state index contributed by atoms with van der Waals surface area (Å²) in [6, 6.07) is 17.5. The van der Waals surface area contributed by atoms with Crippen LogP contribution >= 0.6 is 0 Å². The Bertz CT molecular complexity index is 1730. The molecule has 0 unspecified atom stereocenters. The predicted molar refractivity (Wildman–Crippen MR) is 188 cm³/mol. The van der Waals surface area contributed by atoms with E-state index >= 15 is 0 Å². The third kappa shape index (κ3) is 6.93. The van der Waals surface area contributed by atoms with Gasteiger partial charge in [-0.1, -0.05) is 42.5 Å². The van der Waals surface area contributed by atoms with E-state index in [1.165, 1.54) is 28.1 Å². The lowest BCUT2D eigenvalue weighted by Gasteiger charge is -2.58. The Morgan fingerprint density at radius 2 is 1.54 bits per heavy atom. The van der Waals surface area contributed by atoms with Gasteiger partial charge in [-0.15, -0.1) is 0 Å². The van der Waals surface area contributed by atoms with Crippen LogP contribution < -0.4 is 9.47 Å². The zero-order chi connectivity index (χ0) is 35.6. The van der Waals surface area contributed by atoms with Gasteiger partial charge in [-0.25, -0.2) is 0 Å². The Balaban J connectivity index is 1.66. The molecule has 0 radical (unpaired) electrons. The summed E-state index contributed by atoms with van der Waals surface area (Å²) in [7, 11) is 3.06. The maximum absolute atomic E-state index is 12.9. The summed E-state index contributed by atoms with van der Waals surface area (Å²) in [4.78, 5) is 25.5. The van der Waals surface area contributed by atoms with Gasteiger partial charge in [0.05, 0.1) is 14.2 Å². The van der Waals surface area contributed by atoms with Gasteiger partial charge in [-0.05, 0) is 108 Å². The minimum Gasteiger partial charge on any atom is -0.504 e. The number of methoxy groups -OCH3 is 2. The first-order chi connectivity index (χ1) is 24.1. The maximum atomic E-state index is 12.9. The van der Waals surface area contributed by atoms with Crippen molar-refractivity contribution < 1.29 is 43.9 Å². The van der Waals surface area contributed by atoms with Crippen molar-refractivity contribution in [1.82, 2.24) is 0 Å². The van der Waals surface area contributed by atoms with Crippen molar-refractivity contribution in [1.29, 1.82) is 0 Å². The first-order valence-corrected chi connectivity index (χ1v) is 17.5. The van der Waals surface area contributed by atoms with Crippen molar-refractivity contribution in [3.63, 3.8) is 0 Å². The molecule has 50 heavy (non-hydrogen) atoms. The molecule has 6 rings (SSSR count). The lowest BCUT2D eigenvalue weighted by molar-refractivity contribution is -0.165. The summed E-state index contributed by atoms with van der Waals surface area (Å²) < 4.78 is 23.5. The number of aromatic hydroxyl groups is 2. The number of aliphatic hydroxyl groups is 1. The number of phenolic OH excluding ortho intramolecular Hbond substituents is 2. The molecule has 3 aliphatic rings. The van der Waals surface area contributed by atoms with Crippen LogP contribution in [0.1, 0.15) is 73.3 Å². The molecule has 0 heterocycles. The Morgan fingerprint density at radius 1 is 0.860 bits per heavy atom. The van der Waals surface area contributed by atoms with Crippen molar-refractivity contribution >= 4 is 18.0 Å². The lowest BCUT2D eigenvalue weighted by atomic mass is 9.47. The van der Waals surface area contributed by atoms with E-state index in [1.807, 2.05) is 30.3 Å². The average molecular weight is 685 g/mol. The molecule has 0 bridgehead atoms. The van der Waals surface area contributed by atoms with Gasteiger partial charge in [0, 0.05) is 38.2 Å². The SMILES string of the molecule is COc1cc2c(cc1O)C[C@@]1(C=Cc3ccccc3)[C@@H]3[C@H](CCCO)Cc4cc(O)c(OC)cc4[C@@H]3C[C@@H](OC(C)=O)C[C@@H](OC(C)=O)[C@H]1C2. The number of hydrogen-bond donors (Lipinski definition) is 3. The number of fused-ring (bicyclic) bond motifs is 6. The van der Waals surface area contributed by atoms with E-state index in [1.54, 1.807) is 12.1 Å². The van der Waals surface area contributed by atoms with E-state index in [9.17, 15) is 24.9 Å². The lowest BCUT2D eigenvalue weighted by Crippen LogP contribution is -2.56. The fourth-order valence-corrected chi connectivity index (χ4v) is 9.45. The molecule has 0 spiro atoms. The van der Waals surface area contributed by atoms with Crippen LogP contribution in [-0.4, -0.2) is 60.3 Å². The summed E-state index contributed by atoms with van der Waals surface area (Å²) in [5, 5.41) is 32.1. The zero-order valence-corrected chi connectivity index (χ0v) is 29.3. The zero-order valence-electron chi connectivity index (χ0n) is 29.3. The average Bonchev–Trinajstić information content (AvgIpc) is 3.08. The molecule has 266 valence electrons. The van der Waals surface area contributed by atoms with Gasteiger partial charge in [0.2, 0.25) is 0 Å². The van der Waals surface area contributed by atoms with E-state index in [2.05, 4.69) is 24.3 Å². The predicted octanol–water partition coefficient (Wildman–Crippen LogP) is 6.53. The first kappa shape index (κ1) is 35.3. The van der Waals surface area contributed by atoms with E-state index in [0.29, 0.717) is 56.4 Å². The molecule has 7 atom stereocenters. The molecule has 3 aromatic carbocycles. The number of allylic oxidation sites excluding steroid dienone is 1. The highest BCUT2D eigenvalue weighted by molar-refractivity contribution is 5.67. The van der Waals surface area contributed by atoms with Crippen LogP contribution in [-0.2, 0) is 38.3 Å². The molecule has 0 aromatic heterocycles. The molecule has 9 heteroatoms. The molecular formula is C41H48O9. The second kappa shape index (κ2) is 14.8. The Hall–Kier alpha value is -4.50. The van der Waals surface area contributed by atoms with E-state index in [-0.39, 0.29) is 41.8 Å². The highest BCUT2D eigenvalue weighted by Gasteiger charge is 2.58. The van der Waals surface area contributed by atoms with Crippen molar-refractivity contribution in [2.45, 2.75) is 76.9 Å². The van der Waals surface area contributed by atoms with Crippen molar-refractivity contribution in [2.24, 2.45) is 23.2 Å². The van der Waals surface area contributed by atoms with Gasteiger partial charge in [0.15, 0.2) is 23.0 Å². The summed E-state index contributed by atoms with van der Waals surface area (Å²) in [5.41, 5.74) is 4.43. The van der Waals surface area contributed by atoms with E-state index in [4.69, 9.17) is 18.9 Å². The number of esters is 2. The Kier molecular flexibility index (Phi) is 10.4. The highest BCUT2D eigenvalue weighted by atomic mass is 16.6.